The highest BCUT2D eigenvalue weighted by atomic mass is 32.2. The molecule has 3 N–H and O–H groups in total. The van der Waals surface area contributed by atoms with Crippen LogP contribution >= 0.6 is 0 Å². The molecule has 2 aliphatic rings. The summed E-state index contributed by atoms with van der Waals surface area (Å²) in [5.41, 5.74) is 2.29. The maximum absolute atomic E-state index is 13.3. The molecule has 2 fully saturated rings. The van der Waals surface area contributed by atoms with Crippen LogP contribution in [0.5, 0.6) is 0 Å². The van der Waals surface area contributed by atoms with Gasteiger partial charge in [0, 0.05) is 43.8 Å². The standard InChI is InChI=1S/C24H29N7O2.C2H6O4S/c1-15-19-14-27-24(28-20-8-7-18(13-26-20)30-11-9-25-10-12-30)29-22(19)31(17-5-3-4-6-17)23(33)21(15)16(2)32;3-1-2-7(4,5)6/h7-8,13-14,17,25H,3-6,9-12H2,1-2H3,(H,26,27,28,29);3H,1-2H2,(H,4,5,6)/p-1. The second kappa shape index (κ2) is 12.8. The normalized spacial score (nSPS) is 16.1. The predicted octanol–water partition coefficient (Wildman–Crippen LogP) is 1.49. The third kappa shape index (κ3) is 6.99. The van der Waals surface area contributed by atoms with Crippen LogP contribution in [0.1, 0.15) is 54.6 Å². The molecule has 1 saturated heterocycles. The Morgan fingerprint density at radius 3 is 2.42 bits per heavy atom. The number of pyridine rings is 2. The average molecular weight is 573 g/mol. The molecule has 0 spiro atoms. The maximum Gasteiger partial charge on any atom is 0.263 e. The van der Waals surface area contributed by atoms with Crippen molar-refractivity contribution in [2.24, 2.45) is 0 Å². The van der Waals surface area contributed by atoms with Gasteiger partial charge in [-0.2, -0.15) is 4.98 Å². The number of ketones is 1. The zero-order valence-corrected chi connectivity index (χ0v) is 23.4. The lowest BCUT2D eigenvalue weighted by Crippen LogP contribution is -2.43. The van der Waals surface area contributed by atoms with Gasteiger partial charge in [-0.3, -0.25) is 14.2 Å². The molecule has 0 unspecified atom stereocenters. The summed E-state index contributed by atoms with van der Waals surface area (Å²) in [5, 5.41) is 15.1. The monoisotopic (exact) mass is 572 g/mol. The van der Waals surface area contributed by atoms with Gasteiger partial charge in [-0.05, 0) is 44.4 Å². The van der Waals surface area contributed by atoms with Crippen LogP contribution in [0.15, 0.2) is 29.3 Å². The molecule has 0 aromatic carbocycles. The fraction of sp³-hybridized carbons (Fsp3) is 0.500. The highest BCUT2D eigenvalue weighted by Crippen LogP contribution is 2.32. The Balaban J connectivity index is 0.000000470. The molecule has 216 valence electrons. The number of rotatable bonds is 7. The van der Waals surface area contributed by atoms with E-state index in [4.69, 9.17) is 10.1 Å². The van der Waals surface area contributed by atoms with E-state index in [0.29, 0.717) is 23.0 Å². The van der Waals surface area contributed by atoms with E-state index < -0.39 is 22.5 Å². The van der Waals surface area contributed by atoms with Gasteiger partial charge in [-0.25, -0.2) is 18.4 Å². The van der Waals surface area contributed by atoms with Gasteiger partial charge in [0.05, 0.1) is 39.9 Å². The molecule has 0 radical (unpaired) electrons. The number of nitrogens with one attached hydrogen (secondary N) is 2. The number of fused-ring (bicyclic) bond motifs is 1. The molecular formula is C26H34N7O6S-. The average Bonchev–Trinajstić information content (AvgIpc) is 3.44. The number of nitrogens with zero attached hydrogens (tertiary/aromatic N) is 5. The first-order valence-electron chi connectivity index (χ1n) is 13.2. The molecule has 4 heterocycles. The van der Waals surface area contributed by atoms with Gasteiger partial charge >= 0.3 is 0 Å². The molecule has 0 atom stereocenters. The quantitative estimate of drug-likeness (QED) is 0.274. The largest absolute Gasteiger partial charge is 0.748 e. The number of piperazine rings is 1. The fourth-order valence-corrected chi connectivity index (χ4v) is 5.33. The minimum absolute atomic E-state index is 0.0536. The van der Waals surface area contributed by atoms with Crippen LogP contribution in [0.25, 0.3) is 11.0 Å². The van der Waals surface area contributed by atoms with E-state index in [1.807, 2.05) is 18.3 Å². The molecule has 0 bridgehead atoms. The third-order valence-corrected chi connectivity index (χ3v) is 7.74. The minimum atomic E-state index is -4.17. The first-order valence-corrected chi connectivity index (χ1v) is 14.8. The number of aliphatic hydroxyl groups excluding tert-OH is 1. The number of hydrogen-bond donors (Lipinski definition) is 3. The van der Waals surface area contributed by atoms with Gasteiger partial charge in [-0.1, -0.05) is 12.8 Å². The number of aryl methyl sites for hydroxylation is 1. The molecular weight excluding hydrogens is 538 g/mol. The number of carbonyl (C=O) groups is 1. The van der Waals surface area contributed by atoms with Crippen molar-refractivity contribution in [2.45, 2.75) is 45.6 Å². The lowest BCUT2D eigenvalue weighted by molar-refractivity contribution is 0.101. The Bertz CT molecular complexity index is 1510. The highest BCUT2D eigenvalue weighted by molar-refractivity contribution is 7.85. The zero-order valence-electron chi connectivity index (χ0n) is 22.6. The van der Waals surface area contributed by atoms with Crippen molar-refractivity contribution in [1.82, 2.24) is 24.8 Å². The topological polar surface area (TPSA) is 182 Å². The van der Waals surface area contributed by atoms with E-state index in [0.717, 1.165) is 62.9 Å². The van der Waals surface area contributed by atoms with Crippen LogP contribution in [0.4, 0.5) is 17.5 Å². The van der Waals surface area contributed by atoms with Gasteiger partial charge in [0.25, 0.3) is 5.56 Å². The Hall–Kier alpha value is -3.46. The SMILES string of the molecule is CC(=O)c1c(C)c2cnc(Nc3ccc(N4CCNCC4)cn3)nc2n(C2CCCC2)c1=O.O=S(=O)([O-])CCO. The van der Waals surface area contributed by atoms with Gasteiger partial charge < -0.3 is 25.2 Å². The second-order valence-electron chi connectivity index (χ2n) is 9.85. The van der Waals surface area contributed by atoms with Crippen LogP contribution in [0, 0.1) is 6.92 Å². The van der Waals surface area contributed by atoms with Crippen molar-refractivity contribution in [3.63, 3.8) is 0 Å². The number of anilines is 3. The van der Waals surface area contributed by atoms with Gasteiger partial charge in [-0.15, -0.1) is 0 Å². The van der Waals surface area contributed by atoms with E-state index in [2.05, 4.69) is 25.5 Å². The lowest BCUT2D eigenvalue weighted by atomic mass is 10.0. The minimum Gasteiger partial charge on any atom is -0.748 e. The van der Waals surface area contributed by atoms with Crippen molar-refractivity contribution < 1.29 is 22.9 Å². The van der Waals surface area contributed by atoms with Crippen molar-refractivity contribution >= 4 is 44.4 Å². The Morgan fingerprint density at radius 1 is 1.18 bits per heavy atom. The van der Waals surface area contributed by atoms with Crippen LogP contribution < -0.4 is 21.1 Å². The Morgan fingerprint density at radius 2 is 1.88 bits per heavy atom. The predicted molar refractivity (Wildman–Crippen MR) is 150 cm³/mol. The molecule has 1 saturated carbocycles. The summed E-state index contributed by atoms with van der Waals surface area (Å²) in [7, 11) is -4.17. The van der Waals surface area contributed by atoms with Crippen LogP contribution in [-0.4, -0.2) is 81.9 Å². The van der Waals surface area contributed by atoms with Crippen LogP contribution in [0.2, 0.25) is 0 Å². The number of aromatic nitrogens is 4. The van der Waals surface area contributed by atoms with Gasteiger partial charge in [0.2, 0.25) is 5.95 Å². The van der Waals surface area contributed by atoms with E-state index in [9.17, 15) is 22.6 Å². The van der Waals surface area contributed by atoms with E-state index >= 15 is 0 Å². The molecule has 5 rings (SSSR count). The summed E-state index contributed by atoms with van der Waals surface area (Å²) in [5.74, 6) is 0.112. The van der Waals surface area contributed by atoms with Crippen molar-refractivity contribution in [3.8, 4) is 0 Å². The number of carbonyl (C=O) groups excluding carboxylic acids is 1. The summed E-state index contributed by atoms with van der Waals surface area (Å²) >= 11 is 0. The van der Waals surface area contributed by atoms with Gasteiger partial charge in [0.15, 0.2) is 5.78 Å². The molecule has 40 heavy (non-hydrogen) atoms. The van der Waals surface area contributed by atoms with E-state index in [-0.39, 0.29) is 22.9 Å². The fourth-order valence-electron chi connectivity index (χ4n) is 5.11. The number of aliphatic hydroxyl groups is 1. The first-order chi connectivity index (χ1) is 19.1. The Kier molecular flexibility index (Phi) is 9.45. The summed E-state index contributed by atoms with van der Waals surface area (Å²) in [4.78, 5) is 41.6. The lowest BCUT2D eigenvalue weighted by Gasteiger charge is -2.29. The number of Topliss-reactive ketones (excluding diaryl/α,β-unsaturated/α-hetero) is 1. The highest BCUT2D eigenvalue weighted by Gasteiger charge is 2.26. The molecule has 1 aliphatic carbocycles. The molecule has 14 heteroatoms. The number of hydrogen-bond acceptors (Lipinski definition) is 12. The summed E-state index contributed by atoms with van der Waals surface area (Å²) < 4.78 is 30.3. The van der Waals surface area contributed by atoms with Crippen molar-refractivity contribution in [1.29, 1.82) is 0 Å². The summed E-state index contributed by atoms with van der Waals surface area (Å²) in [6, 6.07) is 4.01. The smallest absolute Gasteiger partial charge is 0.263 e. The molecule has 3 aromatic heterocycles. The summed E-state index contributed by atoms with van der Waals surface area (Å²) in [6.07, 6.45) is 7.52. The second-order valence-corrected chi connectivity index (χ2v) is 11.4. The molecule has 13 nitrogen and oxygen atoms in total. The van der Waals surface area contributed by atoms with Gasteiger partial charge in [0.1, 0.15) is 11.5 Å². The van der Waals surface area contributed by atoms with E-state index in [1.54, 1.807) is 17.7 Å². The summed E-state index contributed by atoms with van der Waals surface area (Å²) in [6.45, 7) is 6.51. The van der Waals surface area contributed by atoms with Crippen LogP contribution in [0.3, 0.4) is 0 Å². The van der Waals surface area contributed by atoms with Crippen molar-refractivity contribution in [3.05, 3.63) is 46.0 Å². The molecule has 3 aromatic rings. The third-order valence-electron chi connectivity index (χ3n) is 7.06. The van der Waals surface area contributed by atoms with Crippen molar-refractivity contribution in [2.75, 3.05) is 48.8 Å². The zero-order chi connectivity index (χ0) is 28.9. The molecule has 0 amide bonds. The maximum atomic E-state index is 13.3. The first kappa shape index (κ1) is 29.5. The van der Waals surface area contributed by atoms with Crippen LogP contribution in [-0.2, 0) is 10.1 Å². The van der Waals surface area contributed by atoms with E-state index in [1.165, 1.54) is 6.92 Å². The molecule has 1 aliphatic heterocycles. The Labute approximate surface area is 232 Å².